The Bertz CT molecular complexity index is 1010. The van der Waals surface area contributed by atoms with E-state index in [1.54, 1.807) is 13.8 Å². The predicted molar refractivity (Wildman–Crippen MR) is 144 cm³/mol. The summed E-state index contributed by atoms with van der Waals surface area (Å²) in [5, 5.41) is 7.94. The van der Waals surface area contributed by atoms with Gasteiger partial charge in [0.05, 0.1) is 12.1 Å². The van der Waals surface area contributed by atoms with Gasteiger partial charge in [-0.15, -0.1) is 0 Å². The summed E-state index contributed by atoms with van der Waals surface area (Å²) in [7, 11) is 0. The Hall–Kier alpha value is -3.89. The molecule has 3 atom stereocenters. The lowest BCUT2D eigenvalue weighted by atomic mass is 10.0. The second kappa shape index (κ2) is 18.4. The first-order valence-corrected chi connectivity index (χ1v) is 13.1. The number of rotatable bonds is 18. The zero-order valence-electron chi connectivity index (χ0n) is 22.9. The van der Waals surface area contributed by atoms with E-state index in [-0.39, 0.29) is 25.2 Å². The predicted octanol–water partition coefficient (Wildman–Crippen LogP) is 0.824. The van der Waals surface area contributed by atoms with Crippen molar-refractivity contribution in [1.82, 2.24) is 16.0 Å². The molecular weight excluding hydrogens is 504 g/mol. The van der Waals surface area contributed by atoms with Crippen molar-refractivity contribution in [3.8, 4) is 0 Å². The van der Waals surface area contributed by atoms with Crippen molar-refractivity contribution in [2.75, 3.05) is 6.54 Å². The van der Waals surface area contributed by atoms with Crippen molar-refractivity contribution in [1.29, 1.82) is 0 Å². The Kier molecular flexibility index (Phi) is 15.6. The topological polar surface area (TPSA) is 193 Å². The van der Waals surface area contributed by atoms with Crippen molar-refractivity contribution in [2.24, 2.45) is 5.73 Å². The highest BCUT2D eigenvalue weighted by molar-refractivity contribution is 6.25. The number of hydrogen-bond donors (Lipinski definition) is 4. The number of esters is 1. The van der Waals surface area contributed by atoms with Crippen LogP contribution >= 0.6 is 0 Å². The van der Waals surface area contributed by atoms with Gasteiger partial charge in [-0.2, -0.15) is 4.79 Å². The molecule has 214 valence electrons. The minimum absolute atomic E-state index is 0.0953. The number of nitrogens with one attached hydrogen (secondary N) is 3. The molecule has 3 amide bonds. The van der Waals surface area contributed by atoms with Crippen LogP contribution in [0.5, 0.6) is 0 Å². The molecular formula is C27H40N6O6. The highest BCUT2D eigenvalue weighted by Crippen LogP contribution is 2.09. The summed E-state index contributed by atoms with van der Waals surface area (Å²) in [5.41, 5.74) is 15.7. The minimum Gasteiger partial charge on any atom is -0.461 e. The Labute approximate surface area is 229 Å². The summed E-state index contributed by atoms with van der Waals surface area (Å²) >= 11 is 0. The first kappa shape index (κ1) is 33.1. The van der Waals surface area contributed by atoms with Crippen LogP contribution in [-0.4, -0.2) is 71.3 Å². The van der Waals surface area contributed by atoms with E-state index in [0.29, 0.717) is 38.4 Å². The van der Waals surface area contributed by atoms with Gasteiger partial charge in [-0.05, 0) is 57.9 Å². The highest BCUT2D eigenvalue weighted by atomic mass is 16.5. The number of unbranched alkanes of at least 4 members (excludes halogenated alkanes) is 1. The molecule has 0 bridgehead atoms. The number of benzene rings is 1. The van der Waals surface area contributed by atoms with Crippen molar-refractivity contribution in [3.63, 3.8) is 0 Å². The van der Waals surface area contributed by atoms with Crippen LogP contribution in [0.3, 0.4) is 0 Å². The van der Waals surface area contributed by atoms with Crippen LogP contribution in [0, 0.1) is 0 Å². The van der Waals surface area contributed by atoms with E-state index in [0.717, 1.165) is 5.56 Å². The van der Waals surface area contributed by atoms with E-state index in [2.05, 4.69) is 20.7 Å². The van der Waals surface area contributed by atoms with Gasteiger partial charge in [0.2, 0.25) is 23.5 Å². The summed E-state index contributed by atoms with van der Waals surface area (Å²) in [5.74, 6) is -2.59. The Morgan fingerprint density at radius 3 is 2.26 bits per heavy atom. The first-order chi connectivity index (χ1) is 18.5. The minimum atomic E-state index is -1.17. The molecule has 1 aromatic carbocycles. The molecule has 0 unspecified atom stereocenters. The van der Waals surface area contributed by atoms with Gasteiger partial charge in [-0.3, -0.25) is 19.2 Å². The lowest BCUT2D eigenvalue weighted by molar-refractivity contribution is -0.152. The van der Waals surface area contributed by atoms with Gasteiger partial charge in [0, 0.05) is 19.9 Å². The molecule has 0 heterocycles. The fraction of sp³-hybridized carbons (Fsp3) is 0.556. The van der Waals surface area contributed by atoms with Crippen molar-refractivity contribution in [2.45, 2.75) is 89.9 Å². The smallest absolute Gasteiger partial charge is 0.328 e. The van der Waals surface area contributed by atoms with E-state index in [1.807, 2.05) is 30.3 Å². The Morgan fingerprint density at radius 1 is 0.974 bits per heavy atom. The molecule has 1 rings (SSSR count). The average Bonchev–Trinajstić information content (AvgIpc) is 2.88. The van der Waals surface area contributed by atoms with Crippen LogP contribution in [0.25, 0.3) is 5.53 Å². The molecule has 5 N–H and O–H groups in total. The number of ketones is 1. The van der Waals surface area contributed by atoms with E-state index in [1.165, 1.54) is 6.92 Å². The van der Waals surface area contributed by atoms with E-state index < -0.39 is 47.8 Å². The third kappa shape index (κ3) is 14.6. The maximum absolute atomic E-state index is 13.2. The Morgan fingerprint density at radius 2 is 1.64 bits per heavy atom. The number of nitrogens with zero attached hydrogens (tertiary/aromatic N) is 2. The quantitative estimate of drug-likeness (QED) is 0.0690. The molecule has 0 saturated carbocycles. The largest absolute Gasteiger partial charge is 0.461 e. The van der Waals surface area contributed by atoms with Gasteiger partial charge in [-0.1, -0.05) is 30.3 Å². The van der Waals surface area contributed by atoms with Gasteiger partial charge < -0.3 is 32.0 Å². The van der Waals surface area contributed by atoms with Gasteiger partial charge >= 0.3 is 12.2 Å². The number of nitrogens with two attached hydrogens (primary N) is 1. The number of ether oxygens (including phenoxy) is 1. The monoisotopic (exact) mass is 544 g/mol. The number of carbonyl (C=O) groups is 5. The molecule has 12 heteroatoms. The molecule has 0 radical (unpaired) electrons. The number of Topliss-reactive ketones (excluding diaryl/α,β-unsaturated/α-hetero) is 1. The summed E-state index contributed by atoms with van der Waals surface area (Å²) < 4.78 is 5.22. The van der Waals surface area contributed by atoms with Crippen LogP contribution < -0.4 is 21.7 Å². The molecule has 0 aliphatic carbocycles. The summed E-state index contributed by atoms with van der Waals surface area (Å²) in [4.78, 5) is 64.3. The van der Waals surface area contributed by atoms with Crippen molar-refractivity contribution in [3.05, 3.63) is 41.4 Å². The fourth-order valence-electron chi connectivity index (χ4n) is 3.63. The van der Waals surface area contributed by atoms with Gasteiger partial charge in [0.15, 0.2) is 0 Å². The van der Waals surface area contributed by atoms with Gasteiger partial charge in [0.25, 0.3) is 0 Å². The standard InChI is InChI=1S/C27H40N6O6/c1-18(2)39-27(38)24(15-13-21(35)17-31-29)33-26(37)23(11-7-8-16-30-19(3)34)32-25(36)22(28)14-12-20-9-5-4-6-10-20/h4-6,9-10,17-18,22-24H,7-8,11-16,28H2,1-3H3,(H,30,34)(H,32,36)(H,33,37)/t22-,23-,24-/m0/s1. The van der Waals surface area contributed by atoms with E-state index in [4.69, 9.17) is 16.0 Å². The SMILES string of the molecule is CC(=O)NCCCC[C@H](NC(=O)[C@@H](N)CCc1ccccc1)C(=O)N[C@@H](CCC(=O)C=[N+]=[N-])C(=O)OC(C)C. The summed E-state index contributed by atoms with van der Waals surface area (Å²) in [6.45, 7) is 5.11. The van der Waals surface area contributed by atoms with E-state index >= 15 is 0 Å². The summed E-state index contributed by atoms with van der Waals surface area (Å²) in [6.07, 6.45) is 2.20. The van der Waals surface area contributed by atoms with Crippen LogP contribution in [0.15, 0.2) is 30.3 Å². The number of aryl methyl sites for hydroxylation is 1. The van der Waals surface area contributed by atoms with Crippen LogP contribution in [0.1, 0.15) is 64.9 Å². The van der Waals surface area contributed by atoms with Crippen LogP contribution in [0.4, 0.5) is 0 Å². The second-order valence-electron chi connectivity index (χ2n) is 9.47. The molecule has 0 aliphatic rings. The van der Waals surface area contributed by atoms with Crippen molar-refractivity contribution >= 4 is 35.7 Å². The Balaban J connectivity index is 2.92. The van der Waals surface area contributed by atoms with Crippen molar-refractivity contribution < 1.29 is 33.5 Å². The maximum atomic E-state index is 13.2. The number of carbonyl (C=O) groups excluding carboxylic acids is 5. The molecule has 12 nitrogen and oxygen atoms in total. The van der Waals surface area contributed by atoms with Gasteiger partial charge in [-0.25, -0.2) is 4.79 Å². The van der Waals surface area contributed by atoms with Crippen LogP contribution in [-0.2, 0) is 35.1 Å². The van der Waals surface area contributed by atoms with Gasteiger partial charge in [0.1, 0.15) is 12.1 Å². The zero-order chi connectivity index (χ0) is 29.2. The molecule has 0 aromatic heterocycles. The maximum Gasteiger partial charge on any atom is 0.328 e. The normalized spacial score (nSPS) is 12.8. The lowest BCUT2D eigenvalue weighted by Crippen LogP contribution is -2.54. The summed E-state index contributed by atoms with van der Waals surface area (Å²) in [6, 6.07) is 6.51. The fourth-order valence-corrected chi connectivity index (χ4v) is 3.63. The highest BCUT2D eigenvalue weighted by Gasteiger charge is 2.29. The molecule has 1 aromatic rings. The van der Waals surface area contributed by atoms with E-state index in [9.17, 15) is 24.0 Å². The zero-order valence-corrected chi connectivity index (χ0v) is 22.9. The molecule has 0 spiro atoms. The lowest BCUT2D eigenvalue weighted by Gasteiger charge is -2.24. The molecule has 0 aliphatic heterocycles. The number of amides is 3. The number of hydrogen-bond acceptors (Lipinski definition) is 7. The third-order valence-electron chi connectivity index (χ3n) is 5.68. The third-order valence-corrected chi connectivity index (χ3v) is 5.68. The second-order valence-corrected chi connectivity index (χ2v) is 9.47. The van der Waals surface area contributed by atoms with Crippen LogP contribution in [0.2, 0.25) is 0 Å². The molecule has 0 fully saturated rings. The molecule has 0 saturated heterocycles. The molecule has 39 heavy (non-hydrogen) atoms. The average molecular weight is 545 g/mol. The first-order valence-electron chi connectivity index (χ1n) is 13.1.